The van der Waals surface area contributed by atoms with E-state index in [9.17, 15) is 9.18 Å². The summed E-state index contributed by atoms with van der Waals surface area (Å²) in [6.45, 7) is 7.42. The molecule has 1 aromatic rings. The lowest BCUT2D eigenvalue weighted by Crippen LogP contribution is -2.49. The first kappa shape index (κ1) is 18.3. The van der Waals surface area contributed by atoms with Gasteiger partial charge in [-0.1, -0.05) is 19.1 Å². The van der Waals surface area contributed by atoms with E-state index in [-0.39, 0.29) is 11.7 Å². The van der Waals surface area contributed by atoms with Crippen molar-refractivity contribution in [1.29, 1.82) is 0 Å². The van der Waals surface area contributed by atoms with E-state index in [4.69, 9.17) is 0 Å². The van der Waals surface area contributed by atoms with Crippen LogP contribution in [-0.4, -0.2) is 54.5 Å². The number of amides is 1. The molecule has 3 rings (SSSR count). The van der Waals surface area contributed by atoms with Gasteiger partial charge in [0.05, 0.1) is 5.92 Å². The lowest BCUT2D eigenvalue weighted by molar-refractivity contribution is -0.139. The second-order valence-corrected chi connectivity index (χ2v) is 7.38. The molecule has 2 saturated heterocycles. The molecule has 25 heavy (non-hydrogen) atoms. The van der Waals surface area contributed by atoms with Crippen LogP contribution in [0.25, 0.3) is 0 Å². The number of carbonyl (C=O) groups excluding carboxylic acids is 1. The summed E-state index contributed by atoms with van der Waals surface area (Å²) in [6, 6.07) is 7.14. The van der Waals surface area contributed by atoms with E-state index in [1.165, 1.54) is 6.07 Å². The van der Waals surface area contributed by atoms with Gasteiger partial charge in [0, 0.05) is 32.2 Å². The first-order chi connectivity index (χ1) is 12.2. The number of benzene rings is 1. The van der Waals surface area contributed by atoms with Gasteiger partial charge in [-0.05, 0) is 56.5 Å². The summed E-state index contributed by atoms with van der Waals surface area (Å²) < 4.78 is 13.4. The molecule has 138 valence electrons. The predicted octanol–water partition coefficient (Wildman–Crippen LogP) is 2.64. The van der Waals surface area contributed by atoms with Gasteiger partial charge in [0.1, 0.15) is 5.82 Å². The van der Waals surface area contributed by atoms with Crippen LogP contribution >= 0.6 is 0 Å². The molecule has 2 heterocycles. The maximum absolute atomic E-state index is 13.4. The number of hydrogen-bond acceptors (Lipinski definition) is 3. The molecule has 0 radical (unpaired) electrons. The molecular formula is C20H30FN3O. The van der Waals surface area contributed by atoms with Gasteiger partial charge in [-0.15, -0.1) is 0 Å². The molecule has 1 aromatic carbocycles. The number of carbonyl (C=O) groups is 1. The highest BCUT2D eigenvalue weighted by atomic mass is 19.1. The molecule has 0 spiro atoms. The van der Waals surface area contributed by atoms with Crippen LogP contribution in [0.1, 0.15) is 38.2 Å². The monoisotopic (exact) mass is 347 g/mol. The largest absolute Gasteiger partial charge is 0.338 e. The second-order valence-electron chi connectivity index (χ2n) is 7.38. The Morgan fingerprint density at radius 1 is 1.40 bits per heavy atom. The topological polar surface area (TPSA) is 35.6 Å². The number of nitrogens with one attached hydrogen (secondary N) is 1. The molecule has 2 aliphatic heterocycles. The minimum absolute atomic E-state index is 0.0782. The van der Waals surface area contributed by atoms with Gasteiger partial charge in [0.25, 0.3) is 0 Å². The van der Waals surface area contributed by atoms with Crippen LogP contribution in [-0.2, 0) is 11.3 Å². The van der Waals surface area contributed by atoms with Crippen molar-refractivity contribution in [2.45, 2.75) is 45.2 Å². The van der Waals surface area contributed by atoms with Crippen molar-refractivity contribution in [3.05, 3.63) is 35.6 Å². The first-order valence-corrected chi connectivity index (χ1v) is 9.65. The van der Waals surface area contributed by atoms with Crippen molar-refractivity contribution in [1.82, 2.24) is 15.1 Å². The van der Waals surface area contributed by atoms with Gasteiger partial charge < -0.3 is 10.2 Å². The Kier molecular flexibility index (Phi) is 6.43. The minimum atomic E-state index is -0.190. The number of piperidine rings is 1. The Morgan fingerprint density at radius 2 is 2.28 bits per heavy atom. The molecular weight excluding hydrogens is 317 g/mol. The minimum Gasteiger partial charge on any atom is -0.338 e. The van der Waals surface area contributed by atoms with Gasteiger partial charge in [-0.25, -0.2) is 4.39 Å². The van der Waals surface area contributed by atoms with E-state index in [1.54, 1.807) is 12.1 Å². The van der Waals surface area contributed by atoms with Gasteiger partial charge in [0.2, 0.25) is 5.91 Å². The number of rotatable bonds is 6. The molecule has 1 N–H and O–H groups in total. The molecule has 5 heteroatoms. The zero-order valence-corrected chi connectivity index (χ0v) is 15.2. The molecule has 0 aliphatic carbocycles. The molecule has 2 unspecified atom stereocenters. The highest BCUT2D eigenvalue weighted by Crippen LogP contribution is 2.23. The van der Waals surface area contributed by atoms with E-state index in [1.807, 2.05) is 6.07 Å². The van der Waals surface area contributed by atoms with Gasteiger partial charge in [0.15, 0.2) is 0 Å². The van der Waals surface area contributed by atoms with E-state index < -0.39 is 0 Å². The lowest BCUT2D eigenvalue weighted by Gasteiger charge is -2.37. The average molecular weight is 347 g/mol. The Hall–Kier alpha value is -1.46. The van der Waals surface area contributed by atoms with Crippen molar-refractivity contribution in [3.8, 4) is 0 Å². The summed E-state index contributed by atoms with van der Waals surface area (Å²) in [7, 11) is 0. The van der Waals surface area contributed by atoms with Gasteiger partial charge in [-0.3, -0.25) is 9.69 Å². The quantitative estimate of drug-likeness (QED) is 0.859. The lowest BCUT2D eigenvalue weighted by atomic mass is 9.95. The van der Waals surface area contributed by atoms with Crippen molar-refractivity contribution < 1.29 is 9.18 Å². The van der Waals surface area contributed by atoms with Crippen LogP contribution in [0, 0.1) is 11.7 Å². The van der Waals surface area contributed by atoms with Crippen molar-refractivity contribution >= 4 is 5.91 Å². The van der Waals surface area contributed by atoms with Gasteiger partial charge in [-0.2, -0.15) is 0 Å². The summed E-state index contributed by atoms with van der Waals surface area (Å²) in [5, 5.41) is 3.38. The third-order valence-corrected chi connectivity index (χ3v) is 5.37. The van der Waals surface area contributed by atoms with Crippen LogP contribution < -0.4 is 5.32 Å². The van der Waals surface area contributed by atoms with E-state index >= 15 is 0 Å². The molecule has 4 nitrogen and oxygen atoms in total. The van der Waals surface area contributed by atoms with Crippen LogP contribution in [0.2, 0.25) is 0 Å². The fourth-order valence-electron chi connectivity index (χ4n) is 4.15. The number of halogens is 1. The Labute approximate surface area is 150 Å². The zero-order chi connectivity index (χ0) is 17.6. The van der Waals surface area contributed by atoms with E-state index in [0.717, 1.165) is 70.5 Å². The average Bonchev–Trinajstić information content (AvgIpc) is 3.14. The molecule has 0 aromatic heterocycles. The molecule has 2 atom stereocenters. The summed E-state index contributed by atoms with van der Waals surface area (Å²) >= 11 is 0. The molecule has 2 fully saturated rings. The van der Waals surface area contributed by atoms with Crippen LogP contribution in [0.3, 0.4) is 0 Å². The number of hydrogen-bond donors (Lipinski definition) is 1. The van der Waals surface area contributed by atoms with Crippen LogP contribution in [0.4, 0.5) is 4.39 Å². The highest BCUT2D eigenvalue weighted by molar-refractivity contribution is 5.79. The summed E-state index contributed by atoms with van der Waals surface area (Å²) in [4.78, 5) is 17.6. The van der Waals surface area contributed by atoms with Crippen molar-refractivity contribution in [2.75, 3.05) is 32.7 Å². The van der Waals surface area contributed by atoms with Crippen molar-refractivity contribution in [3.63, 3.8) is 0 Å². The molecule has 1 amide bonds. The summed E-state index contributed by atoms with van der Waals surface area (Å²) in [6.07, 6.45) is 4.07. The smallest absolute Gasteiger partial charge is 0.227 e. The summed E-state index contributed by atoms with van der Waals surface area (Å²) in [5.74, 6) is 0.207. The third kappa shape index (κ3) is 4.79. The maximum Gasteiger partial charge on any atom is 0.227 e. The summed E-state index contributed by atoms with van der Waals surface area (Å²) in [5.41, 5.74) is 0.985. The fraction of sp³-hybridized carbons (Fsp3) is 0.650. The Bertz CT molecular complexity index is 574. The SMILES string of the molecule is CCCN(C(=O)C1CCCN(Cc2cccc(F)c2)C1)C1CCNC1. The van der Waals surface area contributed by atoms with Crippen molar-refractivity contribution in [2.24, 2.45) is 5.92 Å². The fourth-order valence-corrected chi connectivity index (χ4v) is 4.15. The number of likely N-dealkylation sites (tertiary alicyclic amines) is 1. The normalized spacial score (nSPS) is 24.4. The highest BCUT2D eigenvalue weighted by Gasteiger charge is 2.33. The molecule has 0 bridgehead atoms. The second kappa shape index (κ2) is 8.77. The number of nitrogens with zero attached hydrogens (tertiary/aromatic N) is 2. The zero-order valence-electron chi connectivity index (χ0n) is 15.2. The van der Waals surface area contributed by atoms with E-state index in [2.05, 4.69) is 22.0 Å². The Balaban J connectivity index is 1.61. The van der Waals surface area contributed by atoms with Crippen LogP contribution in [0.15, 0.2) is 24.3 Å². The van der Waals surface area contributed by atoms with Crippen LogP contribution in [0.5, 0.6) is 0 Å². The third-order valence-electron chi connectivity index (χ3n) is 5.37. The molecule has 0 saturated carbocycles. The molecule has 2 aliphatic rings. The van der Waals surface area contributed by atoms with Gasteiger partial charge >= 0.3 is 0 Å². The standard InChI is InChI=1S/C20H30FN3O/c1-2-10-24(19-8-9-22-13-19)20(25)17-6-4-11-23(15-17)14-16-5-3-7-18(21)12-16/h3,5,7,12,17,19,22H,2,4,6,8-11,13-15H2,1H3. The maximum atomic E-state index is 13.4. The van der Waals surface area contributed by atoms with E-state index in [0.29, 0.717) is 11.9 Å². The predicted molar refractivity (Wildman–Crippen MR) is 97.7 cm³/mol. The first-order valence-electron chi connectivity index (χ1n) is 9.65. The Morgan fingerprint density at radius 3 is 3.00 bits per heavy atom.